The second-order valence-electron chi connectivity index (χ2n) is 5.42. The van der Waals surface area contributed by atoms with Crippen molar-refractivity contribution in [2.24, 2.45) is 11.8 Å². The number of hydrogen-bond acceptors (Lipinski definition) is 4. The molecule has 5 nitrogen and oxygen atoms in total. The van der Waals surface area contributed by atoms with Crippen LogP contribution >= 0.6 is 11.6 Å². The van der Waals surface area contributed by atoms with Crippen molar-refractivity contribution in [3.63, 3.8) is 0 Å². The predicted molar refractivity (Wildman–Crippen MR) is 73.8 cm³/mol. The summed E-state index contributed by atoms with van der Waals surface area (Å²) in [5.41, 5.74) is 0.770. The lowest BCUT2D eigenvalue weighted by Gasteiger charge is -2.23. The Morgan fingerprint density at radius 2 is 2.00 bits per heavy atom. The van der Waals surface area contributed by atoms with Gasteiger partial charge < -0.3 is 14.6 Å². The van der Waals surface area contributed by atoms with Gasteiger partial charge in [-0.1, -0.05) is 23.7 Å². The fraction of sp³-hybridized carbons (Fsp3) is 0.467. The molecule has 2 fully saturated rings. The van der Waals surface area contributed by atoms with Crippen LogP contribution in [0.4, 0.5) is 0 Å². The molecule has 4 atom stereocenters. The van der Waals surface area contributed by atoms with Gasteiger partial charge >= 0.3 is 11.9 Å². The molecule has 0 aliphatic carbocycles. The average Bonchev–Trinajstić information content (AvgIpc) is 3.05. The first-order valence-electron chi connectivity index (χ1n) is 6.85. The van der Waals surface area contributed by atoms with Gasteiger partial charge in [-0.3, -0.25) is 9.59 Å². The minimum Gasteiger partial charge on any atom is -0.481 e. The number of halogens is 1. The van der Waals surface area contributed by atoms with Crippen LogP contribution in [0, 0.1) is 11.8 Å². The van der Waals surface area contributed by atoms with E-state index in [-0.39, 0.29) is 18.8 Å². The van der Waals surface area contributed by atoms with E-state index in [2.05, 4.69) is 0 Å². The Hall–Kier alpha value is -1.59. The SMILES string of the molecule is O=C(O)C1C2CCC(O2)C1C(=O)OCc1cccc(Cl)c1. The Morgan fingerprint density at radius 3 is 2.67 bits per heavy atom. The van der Waals surface area contributed by atoms with E-state index in [1.165, 1.54) is 0 Å². The number of carboxylic acid groups (broad SMARTS) is 1. The van der Waals surface area contributed by atoms with E-state index in [1.54, 1.807) is 24.3 Å². The van der Waals surface area contributed by atoms with Gasteiger partial charge in [0, 0.05) is 5.02 Å². The first-order chi connectivity index (χ1) is 10.1. The Balaban J connectivity index is 1.66. The predicted octanol–water partition coefficient (Wildman–Crippen LogP) is 2.26. The third kappa shape index (κ3) is 2.76. The standard InChI is InChI=1S/C15H15ClO5/c16-9-3-1-2-8(6-9)7-20-15(19)13-11-5-4-10(21-11)12(13)14(17)18/h1-3,6,10-13H,4-5,7H2,(H,17,18). The molecule has 0 spiro atoms. The van der Waals surface area contributed by atoms with Crippen LogP contribution in [0.25, 0.3) is 0 Å². The molecule has 0 aromatic heterocycles. The Bertz CT molecular complexity index is 573. The number of carbonyl (C=O) groups excluding carboxylic acids is 1. The molecule has 2 aliphatic rings. The minimum atomic E-state index is -0.994. The highest BCUT2D eigenvalue weighted by Crippen LogP contribution is 2.44. The number of hydrogen-bond donors (Lipinski definition) is 1. The number of esters is 1. The summed E-state index contributed by atoms with van der Waals surface area (Å²) in [4.78, 5) is 23.5. The molecule has 1 aromatic rings. The molecule has 1 aromatic carbocycles. The van der Waals surface area contributed by atoms with Crippen molar-refractivity contribution in [1.29, 1.82) is 0 Å². The molecule has 6 heteroatoms. The van der Waals surface area contributed by atoms with Crippen molar-refractivity contribution in [2.75, 3.05) is 0 Å². The van der Waals surface area contributed by atoms with Gasteiger partial charge in [-0.05, 0) is 30.5 Å². The maximum Gasteiger partial charge on any atom is 0.312 e. The van der Waals surface area contributed by atoms with Gasteiger partial charge in [0.05, 0.1) is 24.0 Å². The van der Waals surface area contributed by atoms with Gasteiger partial charge in [0.25, 0.3) is 0 Å². The molecule has 0 amide bonds. The zero-order chi connectivity index (χ0) is 15.0. The molecule has 4 unspecified atom stereocenters. The van der Waals surface area contributed by atoms with E-state index in [1.807, 2.05) is 0 Å². The zero-order valence-corrected chi connectivity index (χ0v) is 12.0. The third-order valence-electron chi connectivity index (χ3n) is 4.10. The molecule has 21 heavy (non-hydrogen) atoms. The molecular formula is C15H15ClO5. The van der Waals surface area contributed by atoms with Crippen LogP contribution in [0.1, 0.15) is 18.4 Å². The summed E-state index contributed by atoms with van der Waals surface area (Å²) in [6.07, 6.45) is 0.713. The van der Waals surface area contributed by atoms with E-state index in [0.717, 1.165) is 5.56 Å². The Labute approximate surface area is 126 Å². The van der Waals surface area contributed by atoms with Crippen molar-refractivity contribution < 1.29 is 24.2 Å². The second-order valence-corrected chi connectivity index (χ2v) is 5.85. The number of rotatable bonds is 4. The molecule has 0 radical (unpaired) electrons. The maximum atomic E-state index is 12.2. The van der Waals surface area contributed by atoms with Gasteiger partial charge in [0.15, 0.2) is 0 Å². The first-order valence-corrected chi connectivity index (χ1v) is 7.23. The van der Waals surface area contributed by atoms with Gasteiger partial charge in [0.2, 0.25) is 0 Å². The molecular weight excluding hydrogens is 296 g/mol. The number of aliphatic carboxylic acids is 1. The zero-order valence-electron chi connectivity index (χ0n) is 11.2. The highest BCUT2D eigenvalue weighted by atomic mass is 35.5. The van der Waals surface area contributed by atoms with Crippen LogP contribution in [-0.2, 0) is 25.7 Å². The van der Waals surface area contributed by atoms with Crippen LogP contribution in [0.3, 0.4) is 0 Å². The largest absolute Gasteiger partial charge is 0.481 e. The van der Waals surface area contributed by atoms with E-state index in [4.69, 9.17) is 21.1 Å². The number of ether oxygens (including phenoxy) is 2. The second kappa shape index (κ2) is 5.66. The summed E-state index contributed by atoms with van der Waals surface area (Å²) in [7, 11) is 0. The van der Waals surface area contributed by atoms with E-state index >= 15 is 0 Å². The summed E-state index contributed by atoms with van der Waals surface area (Å²) >= 11 is 5.87. The Kier molecular flexibility index (Phi) is 3.87. The van der Waals surface area contributed by atoms with E-state index in [0.29, 0.717) is 17.9 Å². The molecule has 3 rings (SSSR count). The summed E-state index contributed by atoms with van der Waals surface area (Å²) in [5, 5.41) is 9.84. The van der Waals surface area contributed by atoms with Crippen molar-refractivity contribution in [2.45, 2.75) is 31.7 Å². The summed E-state index contributed by atoms with van der Waals surface area (Å²) in [6, 6.07) is 7.01. The van der Waals surface area contributed by atoms with Gasteiger partial charge in [0.1, 0.15) is 6.61 Å². The molecule has 0 saturated carbocycles. The minimum absolute atomic E-state index is 0.0830. The van der Waals surface area contributed by atoms with Crippen LogP contribution in [0.5, 0.6) is 0 Å². The van der Waals surface area contributed by atoms with Crippen molar-refractivity contribution in [3.8, 4) is 0 Å². The molecule has 2 saturated heterocycles. The summed E-state index contributed by atoms with van der Waals surface area (Å²) in [5.74, 6) is -3.00. The van der Waals surface area contributed by atoms with Gasteiger partial charge in [-0.2, -0.15) is 0 Å². The molecule has 1 N–H and O–H groups in total. The van der Waals surface area contributed by atoms with Gasteiger partial charge in [-0.25, -0.2) is 0 Å². The number of carboxylic acids is 1. The first kappa shape index (κ1) is 14.4. The lowest BCUT2D eigenvalue weighted by molar-refractivity contribution is -0.159. The number of fused-ring (bicyclic) bond motifs is 2. The van der Waals surface area contributed by atoms with Crippen LogP contribution in [0.15, 0.2) is 24.3 Å². The third-order valence-corrected chi connectivity index (χ3v) is 4.34. The summed E-state index contributed by atoms with van der Waals surface area (Å²) < 4.78 is 10.8. The molecule has 112 valence electrons. The quantitative estimate of drug-likeness (QED) is 0.864. The fourth-order valence-electron chi connectivity index (χ4n) is 3.17. The van der Waals surface area contributed by atoms with Crippen LogP contribution < -0.4 is 0 Å². The van der Waals surface area contributed by atoms with Gasteiger partial charge in [-0.15, -0.1) is 0 Å². The highest BCUT2D eigenvalue weighted by molar-refractivity contribution is 6.30. The fourth-order valence-corrected chi connectivity index (χ4v) is 3.38. The highest BCUT2D eigenvalue weighted by Gasteiger charge is 2.56. The average molecular weight is 311 g/mol. The molecule has 2 heterocycles. The van der Waals surface area contributed by atoms with Crippen molar-refractivity contribution in [1.82, 2.24) is 0 Å². The van der Waals surface area contributed by atoms with E-state index in [9.17, 15) is 14.7 Å². The van der Waals surface area contributed by atoms with E-state index < -0.39 is 23.8 Å². The summed E-state index contributed by atoms with van der Waals surface area (Å²) in [6.45, 7) is 0.0830. The smallest absolute Gasteiger partial charge is 0.312 e. The van der Waals surface area contributed by atoms with Crippen molar-refractivity contribution in [3.05, 3.63) is 34.9 Å². The van der Waals surface area contributed by atoms with Crippen LogP contribution in [0.2, 0.25) is 5.02 Å². The molecule has 2 aliphatic heterocycles. The molecule has 2 bridgehead atoms. The van der Waals surface area contributed by atoms with Crippen molar-refractivity contribution >= 4 is 23.5 Å². The van der Waals surface area contributed by atoms with Crippen LogP contribution in [-0.4, -0.2) is 29.3 Å². The lowest BCUT2D eigenvalue weighted by Crippen LogP contribution is -2.39. The lowest BCUT2D eigenvalue weighted by atomic mass is 9.79. The monoisotopic (exact) mass is 310 g/mol. The topological polar surface area (TPSA) is 72.8 Å². The number of benzene rings is 1. The Morgan fingerprint density at radius 1 is 1.29 bits per heavy atom. The normalized spacial score (nSPS) is 30.3. The maximum absolute atomic E-state index is 12.2. The number of carbonyl (C=O) groups is 2.